The standard InChI is InChI=1S/3C3H4F4O4S/c3*1-11-2(4,5)3(6,7)12(8,9)10/h3*1H3,(H,8,9,10)/p-3. The van der Waals surface area contributed by atoms with E-state index in [0.717, 1.165) is 0 Å². The van der Waals surface area contributed by atoms with Crippen LogP contribution in [0, 0.1) is 0 Å². The van der Waals surface area contributed by atoms with E-state index >= 15 is 0 Å². The molecule has 0 fully saturated rings. The van der Waals surface area contributed by atoms with Gasteiger partial charge in [0, 0.05) is 21.3 Å². The molecule has 0 rings (SSSR count). The summed E-state index contributed by atoms with van der Waals surface area (Å²) in [5.41, 5.74) is 0. The first kappa shape index (κ1) is 39.3. The van der Waals surface area contributed by atoms with Crippen LogP contribution in [0.5, 0.6) is 0 Å². The molecule has 12 nitrogen and oxygen atoms in total. The van der Waals surface area contributed by atoms with Crippen LogP contribution in [-0.4, -0.2) is 94.3 Å². The highest BCUT2D eigenvalue weighted by atomic mass is 32.2. The molecule has 0 radical (unpaired) electrons. The summed E-state index contributed by atoms with van der Waals surface area (Å²) in [5.74, 6) is 0. The van der Waals surface area contributed by atoms with Crippen molar-refractivity contribution >= 4 is 30.4 Å². The third-order valence-electron chi connectivity index (χ3n) is 2.73. The summed E-state index contributed by atoms with van der Waals surface area (Å²) in [4.78, 5) is 0. The summed E-state index contributed by atoms with van der Waals surface area (Å²) in [7, 11) is -18.8. The predicted molar refractivity (Wildman–Crippen MR) is 79.8 cm³/mol. The topological polar surface area (TPSA) is 199 Å². The van der Waals surface area contributed by atoms with Gasteiger partial charge in [-0.1, -0.05) is 0 Å². The number of ether oxygens (including phenoxy) is 3. The molecule has 0 unspecified atom stereocenters. The zero-order chi connectivity index (χ0) is 30.6. The number of alkyl halides is 12. The molecule has 0 spiro atoms. The lowest BCUT2D eigenvalue weighted by molar-refractivity contribution is -0.307. The van der Waals surface area contributed by atoms with E-state index in [1.165, 1.54) is 0 Å². The minimum Gasteiger partial charge on any atom is -0.743 e. The molecule has 0 heterocycles. The van der Waals surface area contributed by atoms with E-state index in [1.807, 2.05) is 0 Å². The van der Waals surface area contributed by atoms with E-state index in [9.17, 15) is 91.6 Å². The van der Waals surface area contributed by atoms with Gasteiger partial charge in [0.2, 0.25) is 0 Å². The fraction of sp³-hybridized carbons (Fsp3) is 1.00. The van der Waals surface area contributed by atoms with Crippen molar-refractivity contribution < 1.29 is 106 Å². The molecule has 36 heavy (non-hydrogen) atoms. The Bertz CT molecular complexity index is 906. The van der Waals surface area contributed by atoms with E-state index in [-0.39, 0.29) is 21.3 Å². The number of methoxy groups -OCH3 is 3. The van der Waals surface area contributed by atoms with Gasteiger partial charge in [-0.15, -0.1) is 0 Å². The van der Waals surface area contributed by atoms with Gasteiger partial charge < -0.3 is 27.9 Å². The van der Waals surface area contributed by atoms with Gasteiger partial charge in [0.1, 0.15) is 0 Å². The summed E-state index contributed by atoms with van der Waals surface area (Å²) < 4.78 is 238. The van der Waals surface area contributed by atoms with Crippen LogP contribution in [0.2, 0.25) is 0 Å². The molecule has 0 saturated carbocycles. The van der Waals surface area contributed by atoms with Crippen molar-refractivity contribution in [1.82, 2.24) is 0 Å². The lowest BCUT2D eigenvalue weighted by atomic mass is 10.6. The van der Waals surface area contributed by atoms with Gasteiger partial charge in [0.05, 0.1) is 0 Å². The van der Waals surface area contributed by atoms with Gasteiger partial charge in [-0.2, -0.15) is 52.7 Å². The predicted octanol–water partition coefficient (Wildman–Crippen LogP) is 1.09. The molecule has 0 aliphatic carbocycles. The average Bonchev–Trinajstić information content (AvgIpc) is 2.65. The first-order valence-electron chi connectivity index (χ1n) is 6.97. The van der Waals surface area contributed by atoms with Gasteiger partial charge in [-0.3, -0.25) is 0 Å². The monoisotopic (exact) mass is 633 g/mol. The van der Waals surface area contributed by atoms with Crippen molar-refractivity contribution in [1.29, 1.82) is 0 Å². The lowest BCUT2D eigenvalue weighted by Crippen LogP contribution is -2.48. The molecule has 0 aliphatic heterocycles. The van der Waals surface area contributed by atoms with Gasteiger partial charge in [-0.25, -0.2) is 25.3 Å². The number of rotatable bonds is 9. The maximum atomic E-state index is 11.9. The van der Waals surface area contributed by atoms with Gasteiger partial charge >= 0.3 is 34.1 Å². The van der Waals surface area contributed by atoms with Crippen molar-refractivity contribution in [2.45, 2.75) is 34.1 Å². The van der Waals surface area contributed by atoms with Crippen LogP contribution >= 0.6 is 0 Å². The Labute approximate surface area is 192 Å². The number of halogens is 12. The van der Waals surface area contributed by atoms with Crippen LogP contribution in [0.4, 0.5) is 52.7 Å². The van der Waals surface area contributed by atoms with Crippen LogP contribution in [0.3, 0.4) is 0 Å². The number of hydrogen-bond acceptors (Lipinski definition) is 12. The molecule has 0 aromatic heterocycles. The van der Waals surface area contributed by atoms with Crippen molar-refractivity contribution in [3.63, 3.8) is 0 Å². The van der Waals surface area contributed by atoms with E-state index < -0.39 is 64.4 Å². The zero-order valence-electron chi connectivity index (χ0n) is 16.7. The molecule has 0 saturated heterocycles. The largest absolute Gasteiger partial charge is 0.743 e. The van der Waals surface area contributed by atoms with Crippen LogP contribution in [-0.2, 0) is 44.6 Å². The van der Waals surface area contributed by atoms with Gasteiger partial charge in [0.25, 0.3) is 0 Å². The number of hydrogen-bond donors (Lipinski definition) is 0. The summed E-state index contributed by atoms with van der Waals surface area (Å²) in [6.45, 7) is 0. The molecule has 0 amide bonds. The van der Waals surface area contributed by atoms with E-state index in [1.54, 1.807) is 0 Å². The summed E-state index contributed by atoms with van der Waals surface area (Å²) in [6.07, 6.45) is -15.9. The maximum absolute atomic E-state index is 11.9. The summed E-state index contributed by atoms with van der Waals surface area (Å²) >= 11 is 0. The van der Waals surface area contributed by atoms with E-state index in [4.69, 9.17) is 0 Å². The Balaban J connectivity index is -0.000000454. The molecular formula is C9H9F12O12S3-3. The minimum absolute atomic E-state index is 0.152. The Hall–Kier alpha value is -1.23. The van der Waals surface area contributed by atoms with Gasteiger partial charge in [0.15, 0.2) is 30.4 Å². The van der Waals surface area contributed by atoms with Crippen LogP contribution in [0.25, 0.3) is 0 Å². The van der Waals surface area contributed by atoms with Gasteiger partial charge in [-0.05, 0) is 0 Å². The molecule has 0 aromatic carbocycles. The summed E-state index contributed by atoms with van der Waals surface area (Å²) in [6, 6.07) is 0. The molecule has 222 valence electrons. The van der Waals surface area contributed by atoms with Crippen molar-refractivity contribution in [3.05, 3.63) is 0 Å². The summed E-state index contributed by atoms with van der Waals surface area (Å²) in [5, 5.41) is -17.3. The molecule has 0 atom stereocenters. The average molecular weight is 633 g/mol. The molecule has 0 aliphatic rings. The second kappa shape index (κ2) is 11.7. The quantitative estimate of drug-likeness (QED) is 0.259. The van der Waals surface area contributed by atoms with Crippen LogP contribution in [0.15, 0.2) is 0 Å². The lowest BCUT2D eigenvalue weighted by Gasteiger charge is -2.26. The molecule has 0 N–H and O–H groups in total. The fourth-order valence-corrected chi connectivity index (χ4v) is 1.92. The van der Waals surface area contributed by atoms with Crippen molar-refractivity contribution in [2.75, 3.05) is 21.3 Å². The first-order chi connectivity index (χ1) is 15.2. The highest BCUT2D eigenvalue weighted by molar-refractivity contribution is 7.87. The highest BCUT2D eigenvalue weighted by Crippen LogP contribution is 2.40. The third-order valence-corrected chi connectivity index (χ3v) is 5.32. The molecule has 27 heteroatoms. The fourth-order valence-electron chi connectivity index (χ4n) is 0.793. The molecule has 0 aromatic rings. The van der Waals surface area contributed by atoms with Crippen molar-refractivity contribution in [2.24, 2.45) is 0 Å². The maximum Gasteiger partial charge on any atom is 0.433 e. The Morgan fingerprint density at radius 1 is 0.417 bits per heavy atom. The van der Waals surface area contributed by atoms with E-state index in [0.29, 0.717) is 0 Å². The third kappa shape index (κ3) is 8.67. The highest BCUT2D eigenvalue weighted by Gasteiger charge is 2.64. The normalized spacial score (nSPS) is 14.8. The zero-order valence-corrected chi connectivity index (χ0v) is 19.1. The molecular weight excluding hydrogens is 624 g/mol. The minimum atomic E-state index is -6.43. The first-order valence-corrected chi connectivity index (χ1v) is 11.2. The second-order valence-electron chi connectivity index (χ2n) is 5.08. The smallest absolute Gasteiger partial charge is 0.433 e. The Morgan fingerprint density at radius 3 is 0.556 bits per heavy atom. The molecule has 0 bridgehead atoms. The van der Waals surface area contributed by atoms with Crippen LogP contribution < -0.4 is 0 Å². The van der Waals surface area contributed by atoms with Crippen LogP contribution in [0.1, 0.15) is 0 Å². The van der Waals surface area contributed by atoms with E-state index in [2.05, 4.69) is 14.2 Å². The Kier molecular flexibility index (Phi) is 12.7. The van der Waals surface area contributed by atoms with Crippen molar-refractivity contribution in [3.8, 4) is 0 Å². The SMILES string of the molecule is COC(F)(F)C(F)(F)S(=O)(=O)[O-].COC(F)(F)C(F)(F)S(=O)(=O)[O-].COC(F)(F)C(F)(F)S(=O)(=O)[O-]. The second-order valence-corrected chi connectivity index (χ2v) is 9.34. The Morgan fingerprint density at radius 2 is 0.528 bits per heavy atom.